The van der Waals surface area contributed by atoms with Crippen molar-refractivity contribution in [1.82, 2.24) is 35.0 Å². The van der Waals surface area contributed by atoms with Gasteiger partial charge in [-0.3, -0.25) is 24.2 Å². The summed E-state index contributed by atoms with van der Waals surface area (Å²) >= 11 is 0.875. The average molecular weight is 731 g/mol. The van der Waals surface area contributed by atoms with Gasteiger partial charge in [0.05, 0.1) is 30.8 Å². The zero-order valence-electron chi connectivity index (χ0n) is 28.5. The summed E-state index contributed by atoms with van der Waals surface area (Å²) in [4.78, 5) is 61.1. The summed E-state index contributed by atoms with van der Waals surface area (Å²) in [5.41, 5.74) is -0.580. The van der Waals surface area contributed by atoms with Crippen molar-refractivity contribution in [1.29, 1.82) is 0 Å². The highest BCUT2D eigenvalue weighted by molar-refractivity contribution is 7.07. The van der Waals surface area contributed by atoms with Crippen molar-refractivity contribution in [3.8, 4) is 5.75 Å². The molecular formula is C34H41F3N8O5S. The largest absolute Gasteiger partial charge is 0.495 e. The van der Waals surface area contributed by atoms with E-state index in [-0.39, 0.29) is 22.2 Å². The molecule has 0 radical (unpaired) electrons. The minimum Gasteiger partial charge on any atom is -0.495 e. The number of piperazine rings is 1. The number of halogens is 3. The van der Waals surface area contributed by atoms with E-state index in [1.165, 1.54) is 31.6 Å². The van der Waals surface area contributed by atoms with Gasteiger partial charge in [0, 0.05) is 38.3 Å². The van der Waals surface area contributed by atoms with Crippen LogP contribution in [0.4, 0.5) is 18.9 Å². The summed E-state index contributed by atoms with van der Waals surface area (Å²) in [7, 11) is 3.23. The lowest BCUT2D eigenvalue weighted by Gasteiger charge is -2.36. The number of amides is 4. The van der Waals surface area contributed by atoms with Gasteiger partial charge in [0.1, 0.15) is 28.5 Å². The van der Waals surface area contributed by atoms with Gasteiger partial charge < -0.3 is 30.5 Å². The van der Waals surface area contributed by atoms with Crippen molar-refractivity contribution in [2.75, 3.05) is 45.7 Å². The van der Waals surface area contributed by atoms with Crippen LogP contribution >= 0.6 is 11.5 Å². The number of nitrogens with zero attached hydrogens (tertiary/aromatic N) is 5. The lowest BCUT2D eigenvalue weighted by Crippen LogP contribution is -2.55. The third kappa shape index (κ3) is 9.00. The van der Waals surface area contributed by atoms with Gasteiger partial charge in [-0.25, -0.2) is 4.39 Å². The quantitative estimate of drug-likeness (QED) is 0.254. The van der Waals surface area contributed by atoms with Gasteiger partial charge in [0.25, 0.3) is 11.8 Å². The lowest BCUT2D eigenvalue weighted by atomic mass is 9.83. The van der Waals surface area contributed by atoms with E-state index in [0.29, 0.717) is 44.6 Å². The number of likely N-dealkylation sites (N-methyl/N-ethyl adjacent to an activating group) is 1. The van der Waals surface area contributed by atoms with Gasteiger partial charge in [0.15, 0.2) is 0 Å². The molecule has 3 heterocycles. The maximum Gasteiger partial charge on any atom is 0.351 e. The molecule has 17 heteroatoms. The molecule has 1 saturated carbocycles. The molecule has 0 unspecified atom stereocenters. The van der Waals surface area contributed by atoms with Crippen LogP contribution in [-0.4, -0.2) is 100 Å². The second-order valence-electron chi connectivity index (χ2n) is 12.9. The van der Waals surface area contributed by atoms with Crippen molar-refractivity contribution in [2.24, 2.45) is 5.92 Å². The number of hydrogen-bond donors (Lipinski definition) is 3. The molecule has 2 aromatic heterocycles. The smallest absolute Gasteiger partial charge is 0.351 e. The standard InChI is InChI=1S/C34H41F3N8O5S/c1-20(28(41-30(46)27-19-39-43-51-27)32(48)45-13-11-44(2)12-14-45)22-9-10-26(25(35)15-22)40-31(47)29(21-7-5-4-6-8-21)42-33(49)34(36,37)23-16-24(50-3)18-38-17-23/h9-10,15-21,28-29H,4-8,11-14H2,1-3H3,(H,40,47)(H,41,46)(H,42,49)/t20-,28+,29-/m0/s1. The Labute approximate surface area is 297 Å². The fourth-order valence-corrected chi connectivity index (χ4v) is 6.77. The molecule has 2 aliphatic rings. The van der Waals surface area contributed by atoms with Gasteiger partial charge in [-0.15, -0.1) is 5.10 Å². The molecule has 13 nitrogen and oxygen atoms in total. The number of alkyl halides is 2. The number of nitrogens with one attached hydrogen (secondary N) is 3. The maximum absolute atomic E-state index is 15.7. The third-order valence-electron chi connectivity index (χ3n) is 9.52. The fraction of sp³-hybridized carbons (Fsp3) is 0.500. The number of ether oxygens (including phenoxy) is 1. The number of benzene rings is 1. The van der Waals surface area contributed by atoms with Gasteiger partial charge in [0.2, 0.25) is 11.8 Å². The molecule has 1 aromatic carbocycles. The van der Waals surface area contributed by atoms with E-state index < -0.39 is 58.9 Å². The van der Waals surface area contributed by atoms with Crippen LogP contribution in [0, 0.1) is 11.7 Å². The Morgan fingerprint density at radius 1 is 1.00 bits per heavy atom. The second kappa shape index (κ2) is 16.6. The number of pyridine rings is 1. The normalized spacial score (nSPS) is 17.6. The topological polar surface area (TPSA) is 159 Å². The number of carbonyl (C=O) groups is 4. The Morgan fingerprint density at radius 2 is 1.73 bits per heavy atom. The Bertz CT molecular complexity index is 1700. The molecule has 4 amide bonds. The van der Waals surface area contributed by atoms with Crippen LogP contribution in [0.2, 0.25) is 0 Å². The molecule has 1 aliphatic carbocycles. The molecule has 274 valence electrons. The van der Waals surface area contributed by atoms with Crippen molar-refractivity contribution >= 4 is 40.8 Å². The summed E-state index contributed by atoms with van der Waals surface area (Å²) in [6.45, 7) is 3.90. The van der Waals surface area contributed by atoms with Crippen LogP contribution in [0.1, 0.15) is 65.7 Å². The van der Waals surface area contributed by atoms with Crippen LogP contribution in [-0.2, 0) is 20.3 Å². The number of carbonyl (C=O) groups excluding carboxylic acids is 4. The number of hydrogen-bond acceptors (Lipinski definition) is 10. The van der Waals surface area contributed by atoms with Crippen LogP contribution in [0.5, 0.6) is 5.75 Å². The SMILES string of the molecule is COc1cncc(C(F)(F)C(=O)N[C@H](C(=O)Nc2ccc([C@H](C)[C@@H](NC(=O)c3cnns3)C(=O)N3CCN(C)CC3)cc2F)C2CCCCC2)c1. The second-order valence-corrected chi connectivity index (χ2v) is 13.7. The van der Waals surface area contributed by atoms with Crippen LogP contribution in [0.25, 0.3) is 0 Å². The molecule has 3 aromatic rings. The molecule has 1 saturated heterocycles. The molecular weight excluding hydrogens is 689 g/mol. The van der Waals surface area contributed by atoms with E-state index in [1.807, 2.05) is 7.05 Å². The Hall–Kier alpha value is -4.64. The van der Waals surface area contributed by atoms with Gasteiger partial charge >= 0.3 is 5.92 Å². The number of methoxy groups -OCH3 is 1. The molecule has 0 bridgehead atoms. The molecule has 5 rings (SSSR count). The summed E-state index contributed by atoms with van der Waals surface area (Å²) in [6.07, 6.45) is 6.76. The molecule has 3 atom stereocenters. The monoisotopic (exact) mass is 730 g/mol. The Balaban J connectivity index is 1.34. The van der Waals surface area contributed by atoms with E-state index in [0.717, 1.165) is 49.1 Å². The lowest BCUT2D eigenvalue weighted by molar-refractivity contribution is -0.149. The first-order chi connectivity index (χ1) is 24.4. The first-order valence-corrected chi connectivity index (χ1v) is 17.5. The van der Waals surface area contributed by atoms with Crippen molar-refractivity contribution in [3.05, 3.63) is 64.7 Å². The highest BCUT2D eigenvalue weighted by Crippen LogP contribution is 2.33. The van der Waals surface area contributed by atoms with Gasteiger partial charge in [-0.2, -0.15) is 8.78 Å². The van der Waals surface area contributed by atoms with E-state index in [1.54, 1.807) is 11.8 Å². The molecule has 2 fully saturated rings. The summed E-state index contributed by atoms with van der Waals surface area (Å²) in [5, 5.41) is 11.2. The van der Waals surface area contributed by atoms with Crippen molar-refractivity contribution < 1.29 is 37.1 Å². The fourth-order valence-electron chi connectivity index (χ4n) is 6.35. The molecule has 0 spiro atoms. The predicted molar refractivity (Wildman–Crippen MR) is 182 cm³/mol. The molecule has 51 heavy (non-hydrogen) atoms. The summed E-state index contributed by atoms with van der Waals surface area (Å²) < 4.78 is 55.0. The minimum atomic E-state index is -4.04. The predicted octanol–water partition coefficient (Wildman–Crippen LogP) is 3.55. The molecule has 3 N–H and O–H groups in total. The van der Waals surface area contributed by atoms with E-state index in [4.69, 9.17) is 4.74 Å². The zero-order valence-corrected chi connectivity index (χ0v) is 29.4. The first kappa shape index (κ1) is 37.6. The summed E-state index contributed by atoms with van der Waals surface area (Å²) in [6, 6.07) is 2.54. The van der Waals surface area contributed by atoms with E-state index >= 15 is 13.2 Å². The van der Waals surface area contributed by atoms with Gasteiger partial charge in [-0.05, 0) is 61.1 Å². The van der Waals surface area contributed by atoms with Crippen LogP contribution < -0.4 is 20.7 Å². The average Bonchev–Trinajstić information content (AvgIpc) is 3.69. The van der Waals surface area contributed by atoms with Crippen LogP contribution in [0.3, 0.4) is 0 Å². The van der Waals surface area contributed by atoms with E-state index in [9.17, 15) is 19.2 Å². The maximum atomic E-state index is 15.7. The highest BCUT2D eigenvalue weighted by Gasteiger charge is 2.45. The first-order valence-electron chi connectivity index (χ1n) is 16.7. The highest BCUT2D eigenvalue weighted by atomic mass is 32.1. The minimum absolute atomic E-state index is 0.0318. The van der Waals surface area contributed by atoms with E-state index in [2.05, 4.69) is 35.4 Å². The Kier molecular flexibility index (Phi) is 12.2. The third-order valence-corrected chi connectivity index (χ3v) is 10.2. The van der Waals surface area contributed by atoms with Crippen LogP contribution in [0.15, 0.2) is 42.9 Å². The number of rotatable bonds is 12. The summed E-state index contributed by atoms with van der Waals surface area (Å²) in [5.74, 6) is -9.43. The number of aromatic nitrogens is 3. The zero-order chi connectivity index (χ0) is 36.7. The van der Waals surface area contributed by atoms with Crippen molar-refractivity contribution in [2.45, 2.75) is 63.0 Å². The number of anilines is 1. The molecule has 1 aliphatic heterocycles. The van der Waals surface area contributed by atoms with Gasteiger partial charge in [-0.1, -0.05) is 36.7 Å². The van der Waals surface area contributed by atoms with Crippen molar-refractivity contribution in [3.63, 3.8) is 0 Å². The Morgan fingerprint density at radius 3 is 2.37 bits per heavy atom.